The maximum Gasteiger partial charge on any atom is 0.173 e. The van der Waals surface area contributed by atoms with Gasteiger partial charge in [-0.3, -0.25) is 4.57 Å². The largest absolute Gasteiger partial charge is 0.394 e. The van der Waals surface area contributed by atoms with Crippen molar-refractivity contribution in [3.8, 4) is 0 Å². The summed E-state index contributed by atoms with van der Waals surface area (Å²) in [7, 11) is 0. The fourth-order valence-corrected chi connectivity index (χ4v) is 3.83. The summed E-state index contributed by atoms with van der Waals surface area (Å²) in [5, 5.41) is 33.5. The lowest BCUT2D eigenvalue weighted by molar-refractivity contribution is -0.132. The molecule has 0 amide bonds. The number of imidazole rings is 1. The van der Waals surface area contributed by atoms with Gasteiger partial charge in [0.15, 0.2) is 22.7 Å². The number of aliphatic hydroxyl groups excluding tert-OH is 3. The van der Waals surface area contributed by atoms with E-state index in [2.05, 4.69) is 39.3 Å². The van der Waals surface area contributed by atoms with E-state index in [1.807, 2.05) is 18.2 Å². The smallest absolute Gasteiger partial charge is 0.173 e. The highest BCUT2D eigenvalue weighted by Crippen LogP contribution is 2.37. The number of hydrogen-bond donors (Lipinski definition) is 4. The number of nitrogens with zero attached hydrogens (tertiary/aromatic N) is 4. The van der Waals surface area contributed by atoms with Crippen LogP contribution >= 0.6 is 0 Å². The first kappa shape index (κ1) is 19.7. The fraction of sp³-hybridized carbons (Fsp3) is 0.450. The second kappa shape index (κ2) is 7.68. The normalized spacial score (nSPS) is 28.0. The summed E-state index contributed by atoms with van der Waals surface area (Å²) in [4.78, 5) is 13.1. The minimum atomic E-state index is -1.32. The average molecular weight is 399 g/mol. The highest BCUT2D eigenvalue weighted by molar-refractivity contribution is 5.83. The highest BCUT2D eigenvalue weighted by atomic mass is 16.6. The third-order valence-corrected chi connectivity index (χ3v) is 5.40. The lowest BCUT2D eigenvalue weighted by atomic mass is 10.0. The van der Waals surface area contributed by atoms with Crippen molar-refractivity contribution in [3.05, 3.63) is 48.5 Å². The monoisotopic (exact) mass is 399 g/mol. The number of aromatic nitrogens is 4. The molecule has 4 rings (SSSR count). The van der Waals surface area contributed by atoms with Gasteiger partial charge in [0, 0.05) is 6.04 Å². The Balaban J connectivity index is 1.62. The molecule has 154 valence electrons. The second-order valence-corrected chi connectivity index (χ2v) is 7.57. The van der Waals surface area contributed by atoms with Crippen LogP contribution in [-0.4, -0.2) is 65.8 Å². The maximum atomic E-state index is 10.5. The Morgan fingerprint density at radius 1 is 1.21 bits per heavy atom. The molecule has 29 heavy (non-hydrogen) atoms. The number of rotatable bonds is 6. The van der Waals surface area contributed by atoms with E-state index in [1.54, 1.807) is 11.5 Å². The molecule has 9 heteroatoms. The van der Waals surface area contributed by atoms with E-state index in [4.69, 9.17) is 4.74 Å². The number of hydrogen-bond acceptors (Lipinski definition) is 8. The van der Waals surface area contributed by atoms with Gasteiger partial charge in [-0.05, 0) is 25.8 Å². The maximum absolute atomic E-state index is 10.5. The zero-order valence-corrected chi connectivity index (χ0v) is 16.3. The van der Waals surface area contributed by atoms with E-state index in [1.165, 1.54) is 18.2 Å². The molecule has 0 spiro atoms. The van der Waals surface area contributed by atoms with E-state index < -0.39 is 30.6 Å². The third kappa shape index (κ3) is 3.46. The standard InChI is InChI=1S/C20H25N5O4/c1-12(8-13-6-4-3-5-7-13)24-18-15-19(22-10-21-18)25(11-23-15)20(2)17(28)16(27)14(9-26)29-20/h3-7,10-12,14,16-17,26-28H,8-9H2,1-2H3,(H,21,22,24)/t12-,14+,16+,17+,20?/m0/s1. The molecule has 3 aromatic rings. The van der Waals surface area contributed by atoms with E-state index in [9.17, 15) is 15.3 Å². The Kier molecular flexibility index (Phi) is 5.22. The summed E-state index contributed by atoms with van der Waals surface area (Å²) < 4.78 is 7.34. The van der Waals surface area contributed by atoms with Crippen molar-refractivity contribution >= 4 is 17.0 Å². The molecule has 2 aromatic heterocycles. The Hall–Kier alpha value is -2.59. The molecule has 4 N–H and O–H groups in total. The molecule has 0 saturated carbocycles. The van der Waals surface area contributed by atoms with Gasteiger partial charge in [0.2, 0.25) is 0 Å². The topological polar surface area (TPSA) is 126 Å². The van der Waals surface area contributed by atoms with E-state index in [0.29, 0.717) is 17.0 Å². The Morgan fingerprint density at radius 3 is 2.66 bits per heavy atom. The van der Waals surface area contributed by atoms with Crippen LogP contribution in [0, 0.1) is 0 Å². The summed E-state index contributed by atoms with van der Waals surface area (Å²) in [5.41, 5.74) is 0.888. The predicted octanol–water partition coefficient (Wildman–Crippen LogP) is 0.655. The van der Waals surface area contributed by atoms with Crippen LogP contribution in [0.25, 0.3) is 11.2 Å². The van der Waals surface area contributed by atoms with Crippen LogP contribution in [0.15, 0.2) is 43.0 Å². The highest BCUT2D eigenvalue weighted by Gasteiger charge is 2.52. The van der Waals surface area contributed by atoms with Gasteiger partial charge in [0.1, 0.15) is 24.6 Å². The van der Waals surface area contributed by atoms with Gasteiger partial charge in [-0.25, -0.2) is 15.0 Å². The van der Waals surface area contributed by atoms with Crippen molar-refractivity contribution in [2.24, 2.45) is 0 Å². The summed E-state index contributed by atoms with van der Waals surface area (Å²) in [5.74, 6) is 0.576. The van der Waals surface area contributed by atoms with Crippen molar-refractivity contribution < 1.29 is 20.1 Å². The van der Waals surface area contributed by atoms with E-state index in [-0.39, 0.29) is 6.04 Å². The lowest BCUT2D eigenvalue weighted by Gasteiger charge is -2.29. The molecule has 1 aliphatic heterocycles. The van der Waals surface area contributed by atoms with Gasteiger partial charge < -0.3 is 25.4 Å². The second-order valence-electron chi connectivity index (χ2n) is 7.57. The fourth-order valence-electron chi connectivity index (χ4n) is 3.83. The van der Waals surface area contributed by atoms with Crippen molar-refractivity contribution in [2.45, 2.75) is 50.3 Å². The van der Waals surface area contributed by atoms with Crippen LogP contribution in [0.4, 0.5) is 5.82 Å². The molecule has 1 unspecified atom stereocenters. The zero-order valence-electron chi connectivity index (χ0n) is 16.3. The summed E-state index contributed by atoms with van der Waals surface area (Å²) in [6, 6.07) is 10.3. The van der Waals surface area contributed by atoms with Crippen LogP contribution < -0.4 is 5.32 Å². The van der Waals surface area contributed by atoms with Gasteiger partial charge in [-0.2, -0.15) is 0 Å². The molecule has 5 atom stereocenters. The first-order valence-corrected chi connectivity index (χ1v) is 9.58. The molecule has 0 bridgehead atoms. The number of ether oxygens (including phenoxy) is 1. The number of benzene rings is 1. The molecule has 1 fully saturated rings. The van der Waals surface area contributed by atoms with Crippen LogP contribution in [-0.2, 0) is 16.9 Å². The molecule has 1 saturated heterocycles. The number of fused-ring (bicyclic) bond motifs is 1. The van der Waals surface area contributed by atoms with Gasteiger partial charge in [-0.1, -0.05) is 30.3 Å². The molecule has 0 aliphatic carbocycles. The van der Waals surface area contributed by atoms with Gasteiger partial charge in [-0.15, -0.1) is 0 Å². The first-order chi connectivity index (χ1) is 13.9. The minimum Gasteiger partial charge on any atom is -0.394 e. The summed E-state index contributed by atoms with van der Waals surface area (Å²) in [6.07, 6.45) is 0.382. The SMILES string of the molecule is C[C@@H](Cc1ccccc1)Nc1ncnc2c1ncn2C1(C)O[C@H](CO)[C@@H](O)[C@H]1O. The summed E-state index contributed by atoms with van der Waals surface area (Å²) in [6.45, 7) is 3.29. The predicted molar refractivity (Wildman–Crippen MR) is 106 cm³/mol. The van der Waals surface area contributed by atoms with Crippen molar-refractivity contribution in [1.82, 2.24) is 19.5 Å². The molecular formula is C20H25N5O4. The Morgan fingerprint density at radius 2 is 1.97 bits per heavy atom. The average Bonchev–Trinajstić information content (AvgIpc) is 3.25. The molecule has 1 aliphatic rings. The quantitative estimate of drug-likeness (QED) is 0.476. The molecule has 1 aromatic carbocycles. The van der Waals surface area contributed by atoms with Crippen LogP contribution in [0.1, 0.15) is 19.4 Å². The number of nitrogens with one attached hydrogen (secondary N) is 1. The molecule has 9 nitrogen and oxygen atoms in total. The lowest BCUT2D eigenvalue weighted by Crippen LogP contribution is -2.43. The van der Waals surface area contributed by atoms with Crippen molar-refractivity contribution in [1.29, 1.82) is 0 Å². The van der Waals surface area contributed by atoms with E-state index >= 15 is 0 Å². The van der Waals surface area contributed by atoms with Crippen molar-refractivity contribution in [2.75, 3.05) is 11.9 Å². The molecule has 3 heterocycles. The van der Waals surface area contributed by atoms with Crippen LogP contribution in [0.5, 0.6) is 0 Å². The minimum absolute atomic E-state index is 0.102. The first-order valence-electron chi connectivity index (χ1n) is 9.58. The van der Waals surface area contributed by atoms with Crippen LogP contribution in [0.3, 0.4) is 0 Å². The number of aliphatic hydroxyl groups is 3. The van der Waals surface area contributed by atoms with E-state index in [0.717, 1.165) is 6.42 Å². The van der Waals surface area contributed by atoms with Crippen molar-refractivity contribution in [3.63, 3.8) is 0 Å². The van der Waals surface area contributed by atoms with Gasteiger partial charge in [0.05, 0.1) is 12.9 Å². The number of anilines is 1. The van der Waals surface area contributed by atoms with Gasteiger partial charge in [0.25, 0.3) is 0 Å². The zero-order chi connectivity index (χ0) is 20.6. The molecule has 0 radical (unpaired) electrons. The third-order valence-electron chi connectivity index (χ3n) is 5.40. The Labute approximate surface area is 168 Å². The summed E-state index contributed by atoms with van der Waals surface area (Å²) >= 11 is 0. The van der Waals surface area contributed by atoms with Crippen LogP contribution in [0.2, 0.25) is 0 Å². The van der Waals surface area contributed by atoms with Gasteiger partial charge >= 0.3 is 0 Å². The molecular weight excluding hydrogens is 374 g/mol. The Bertz CT molecular complexity index is 981.